The number of aliphatic hydroxyl groups is 1. The molecule has 2 atom stereocenters. The lowest BCUT2D eigenvalue weighted by Gasteiger charge is -2.52. The van der Waals surface area contributed by atoms with E-state index < -0.39 is 23.7 Å². The highest BCUT2D eigenvalue weighted by molar-refractivity contribution is 5.82. The molecule has 6 nitrogen and oxygen atoms in total. The zero-order chi connectivity index (χ0) is 28.1. The van der Waals surface area contributed by atoms with Crippen LogP contribution < -0.4 is 5.11 Å². The molecule has 0 amide bonds. The van der Waals surface area contributed by atoms with E-state index in [0.29, 0.717) is 11.5 Å². The third-order valence-corrected chi connectivity index (χ3v) is 8.72. The van der Waals surface area contributed by atoms with Crippen LogP contribution in [0, 0.1) is 11.8 Å². The molecule has 0 aromatic heterocycles. The van der Waals surface area contributed by atoms with E-state index >= 15 is 0 Å². The van der Waals surface area contributed by atoms with E-state index in [1.807, 2.05) is 30.3 Å². The molecule has 2 aromatic carbocycles. The molecule has 4 aliphatic rings. The molecule has 0 spiro atoms. The summed E-state index contributed by atoms with van der Waals surface area (Å²) in [6.07, 6.45) is 1.90. The van der Waals surface area contributed by atoms with Crippen LogP contribution in [0.4, 0.5) is 13.2 Å². The molecule has 0 radical (unpaired) electrons. The summed E-state index contributed by atoms with van der Waals surface area (Å²) in [5, 5.41) is 20.6. The van der Waals surface area contributed by atoms with Crippen molar-refractivity contribution in [2.24, 2.45) is 11.8 Å². The highest BCUT2D eigenvalue weighted by atomic mass is 19.4. The van der Waals surface area contributed by atoms with Gasteiger partial charge in [-0.15, -0.1) is 0 Å². The monoisotopic (exact) mass is 547 g/mol. The van der Waals surface area contributed by atoms with Crippen molar-refractivity contribution in [3.8, 4) is 0 Å². The van der Waals surface area contributed by atoms with Gasteiger partial charge in [-0.3, -0.25) is 0 Å². The number of ether oxygens (including phenoxy) is 1. The number of carboxylic acid groups (broad SMARTS) is 1. The zero-order valence-corrected chi connectivity index (χ0v) is 21.9. The number of quaternary nitrogens is 1. The normalized spacial score (nSPS) is 26.3. The lowest BCUT2D eigenvalue weighted by molar-refractivity contribution is -0.946. The van der Waals surface area contributed by atoms with Crippen LogP contribution in [0.2, 0.25) is 0 Å². The summed E-state index contributed by atoms with van der Waals surface area (Å²) in [4.78, 5) is 22.4. The van der Waals surface area contributed by atoms with E-state index in [2.05, 4.69) is 30.3 Å². The highest BCUT2D eigenvalue weighted by Crippen LogP contribution is 2.43. The Labute approximate surface area is 227 Å². The van der Waals surface area contributed by atoms with Gasteiger partial charge in [-0.1, -0.05) is 73.5 Å². The maximum absolute atomic E-state index is 13.6. The second kappa shape index (κ2) is 12.1. The topological polar surface area (TPSA) is 86.7 Å². The number of halogens is 3. The van der Waals surface area contributed by atoms with Crippen molar-refractivity contribution in [2.45, 2.75) is 62.8 Å². The molecule has 1 N–H and O–H groups in total. The second-order valence-corrected chi connectivity index (χ2v) is 11.1. The van der Waals surface area contributed by atoms with Crippen molar-refractivity contribution in [3.05, 3.63) is 71.8 Å². The van der Waals surface area contributed by atoms with Crippen LogP contribution in [-0.2, 0) is 26.3 Å². The standard InChI is InChI=1S/C28H36NO3.C2HF3O2/c30-27(28(31,25-13-7-8-14-25)24-11-5-2-6-12-24)32-26-21-29(19-16-23(26)17-20-29)18-15-22-9-3-1-4-10-22;3-2(4,5)1(6)7/h1-6,9-12,23,25-26,31H,7-8,13-21H2;(H,6,7)/q+1;/p-1/t23?,26-,28-,29?;/m0./s1. The number of esters is 1. The smallest absolute Gasteiger partial charge is 0.430 e. The van der Waals surface area contributed by atoms with Crippen molar-refractivity contribution >= 4 is 11.9 Å². The predicted molar refractivity (Wildman–Crippen MR) is 136 cm³/mol. The fraction of sp³-hybridized carbons (Fsp3) is 0.533. The van der Waals surface area contributed by atoms with Gasteiger partial charge in [0.1, 0.15) is 12.5 Å². The molecule has 2 bridgehead atoms. The van der Waals surface area contributed by atoms with Gasteiger partial charge in [0, 0.05) is 31.1 Å². The van der Waals surface area contributed by atoms with Gasteiger partial charge in [0.25, 0.3) is 0 Å². The lowest BCUT2D eigenvalue weighted by Crippen LogP contribution is -2.65. The van der Waals surface area contributed by atoms with Crippen LogP contribution in [0.5, 0.6) is 0 Å². The Balaban J connectivity index is 0.000000448. The molecule has 39 heavy (non-hydrogen) atoms. The van der Waals surface area contributed by atoms with Gasteiger partial charge in [-0.2, -0.15) is 13.2 Å². The summed E-state index contributed by atoms with van der Waals surface area (Å²) in [5.74, 6) is -3.05. The summed E-state index contributed by atoms with van der Waals surface area (Å²) in [6.45, 7) is 4.34. The number of fused-ring (bicyclic) bond motifs is 3. The van der Waals surface area contributed by atoms with Crippen molar-refractivity contribution in [2.75, 3.05) is 26.2 Å². The van der Waals surface area contributed by atoms with Crippen molar-refractivity contribution in [3.63, 3.8) is 0 Å². The summed E-state index contributed by atoms with van der Waals surface area (Å²) in [7, 11) is 0. The molecule has 3 heterocycles. The number of alkyl halides is 3. The van der Waals surface area contributed by atoms with Gasteiger partial charge in [-0.05, 0) is 24.0 Å². The highest BCUT2D eigenvalue weighted by Gasteiger charge is 2.52. The summed E-state index contributed by atoms with van der Waals surface area (Å²) < 4.78 is 38.8. The molecular formula is C30H36F3NO5. The van der Waals surface area contributed by atoms with E-state index in [4.69, 9.17) is 14.6 Å². The molecule has 212 valence electrons. The Bertz CT molecular complexity index is 1100. The number of benzene rings is 2. The lowest BCUT2D eigenvalue weighted by atomic mass is 9.79. The fourth-order valence-corrected chi connectivity index (χ4v) is 6.46. The van der Waals surface area contributed by atoms with Crippen LogP contribution in [-0.4, -0.2) is 60.0 Å². The predicted octanol–water partition coefficient (Wildman–Crippen LogP) is 3.76. The van der Waals surface area contributed by atoms with Gasteiger partial charge >= 0.3 is 12.1 Å². The van der Waals surface area contributed by atoms with Crippen LogP contribution in [0.15, 0.2) is 60.7 Å². The quantitative estimate of drug-likeness (QED) is 0.422. The maximum atomic E-state index is 13.6. The third kappa shape index (κ3) is 6.81. The Hall–Kier alpha value is -2.91. The molecule has 0 unspecified atom stereocenters. The van der Waals surface area contributed by atoms with Gasteiger partial charge in [-0.25, -0.2) is 4.79 Å². The third-order valence-electron chi connectivity index (χ3n) is 8.72. The van der Waals surface area contributed by atoms with Crippen LogP contribution >= 0.6 is 0 Å². The molecule has 3 aliphatic heterocycles. The van der Waals surface area contributed by atoms with E-state index in [0.717, 1.165) is 62.5 Å². The number of aliphatic carboxylic acids is 1. The number of piperidine rings is 3. The molecule has 9 heteroatoms. The van der Waals surface area contributed by atoms with Crippen molar-refractivity contribution < 1.29 is 42.2 Å². The second-order valence-electron chi connectivity index (χ2n) is 11.1. The number of hydrogen-bond acceptors (Lipinski definition) is 5. The molecule has 3 saturated heterocycles. The molecule has 4 fully saturated rings. The minimum atomic E-state index is -5.19. The Kier molecular flexibility index (Phi) is 9.01. The van der Waals surface area contributed by atoms with Crippen LogP contribution in [0.3, 0.4) is 0 Å². The van der Waals surface area contributed by atoms with E-state index in [1.54, 1.807) is 0 Å². The first-order chi connectivity index (χ1) is 18.5. The van der Waals surface area contributed by atoms with E-state index in [-0.39, 0.29) is 12.0 Å². The minimum Gasteiger partial charge on any atom is -0.542 e. The molecular weight excluding hydrogens is 511 g/mol. The van der Waals surface area contributed by atoms with Gasteiger partial charge in [0.15, 0.2) is 11.7 Å². The number of nitrogens with zero attached hydrogens (tertiary/aromatic N) is 1. The molecule has 1 saturated carbocycles. The minimum absolute atomic E-state index is 0.0558. The number of carbonyl (C=O) groups is 2. The average molecular weight is 548 g/mol. The SMILES string of the molecule is O=C(O[C@H]1C[N+]2(CCc3ccccc3)CCC1CC2)[C@](O)(c1ccccc1)C1CCCC1.O=C([O-])C(F)(F)F. The first-order valence-corrected chi connectivity index (χ1v) is 13.7. The molecule has 1 aliphatic carbocycles. The Morgan fingerprint density at radius 2 is 1.46 bits per heavy atom. The largest absolute Gasteiger partial charge is 0.542 e. The van der Waals surface area contributed by atoms with Crippen molar-refractivity contribution in [1.82, 2.24) is 0 Å². The number of carbonyl (C=O) groups excluding carboxylic acids is 2. The fourth-order valence-electron chi connectivity index (χ4n) is 6.46. The zero-order valence-electron chi connectivity index (χ0n) is 21.9. The Morgan fingerprint density at radius 1 is 0.923 bits per heavy atom. The average Bonchev–Trinajstić information content (AvgIpc) is 3.49. The Morgan fingerprint density at radius 3 is 2.00 bits per heavy atom. The summed E-state index contributed by atoms with van der Waals surface area (Å²) in [6, 6.07) is 20.2. The molecule has 2 aromatic rings. The first kappa shape index (κ1) is 29.1. The maximum Gasteiger partial charge on any atom is 0.430 e. The van der Waals surface area contributed by atoms with Gasteiger partial charge in [0.05, 0.1) is 19.6 Å². The van der Waals surface area contributed by atoms with Gasteiger partial charge in [0.2, 0.25) is 0 Å². The first-order valence-electron chi connectivity index (χ1n) is 13.7. The van der Waals surface area contributed by atoms with Crippen LogP contribution in [0.25, 0.3) is 0 Å². The van der Waals surface area contributed by atoms with Crippen LogP contribution in [0.1, 0.15) is 49.7 Å². The number of hydrogen-bond donors (Lipinski definition) is 1. The van der Waals surface area contributed by atoms with Crippen molar-refractivity contribution in [1.29, 1.82) is 0 Å². The summed E-state index contributed by atoms with van der Waals surface area (Å²) >= 11 is 0. The van der Waals surface area contributed by atoms with E-state index in [9.17, 15) is 23.1 Å². The van der Waals surface area contributed by atoms with Gasteiger partial charge < -0.3 is 24.2 Å². The number of carboxylic acids is 1. The number of rotatable bonds is 7. The summed E-state index contributed by atoms with van der Waals surface area (Å²) in [5.41, 5.74) is 0.533. The van der Waals surface area contributed by atoms with E-state index in [1.165, 1.54) is 18.7 Å². The molecule has 6 rings (SSSR count).